The van der Waals surface area contributed by atoms with E-state index in [0.29, 0.717) is 13.0 Å². The van der Waals surface area contributed by atoms with Crippen LogP contribution in [0.2, 0.25) is 0 Å². The molecule has 18 heavy (non-hydrogen) atoms. The molecule has 0 aromatic heterocycles. The maximum absolute atomic E-state index is 11.9. The van der Waals surface area contributed by atoms with E-state index in [1.54, 1.807) is 0 Å². The highest BCUT2D eigenvalue weighted by atomic mass is 16.5. The van der Waals surface area contributed by atoms with Crippen LogP contribution < -0.4 is 5.32 Å². The summed E-state index contributed by atoms with van der Waals surface area (Å²) in [5.74, 6) is -0.409. The van der Waals surface area contributed by atoms with Gasteiger partial charge in [-0.1, -0.05) is 40.5 Å². The third-order valence-electron chi connectivity index (χ3n) is 2.80. The molecule has 4 heteroatoms. The first-order valence-electron chi connectivity index (χ1n) is 7.03. The van der Waals surface area contributed by atoms with Crippen LogP contribution in [0.1, 0.15) is 59.8 Å². The van der Waals surface area contributed by atoms with Gasteiger partial charge in [-0.15, -0.1) is 0 Å². The number of hydrogen-bond acceptors (Lipinski definition) is 3. The third kappa shape index (κ3) is 6.62. The highest BCUT2D eigenvalue weighted by molar-refractivity contribution is 5.85. The zero-order chi connectivity index (χ0) is 14.0. The van der Waals surface area contributed by atoms with Crippen LogP contribution in [0.5, 0.6) is 0 Å². The molecule has 0 fully saturated rings. The zero-order valence-electron chi connectivity index (χ0n) is 12.1. The zero-order valence-corrected chi connectivity index (χ0v) is 12.1. The first-order valence-corrected chi connectivity index (χ1v) is 7.03. The van der Waals surface area contributed by atoms with E-state index in [0.717, 1.165) is 25.7 Å². The Morgan fingerprint density at radius 3 is 2.17 bits per heavy atom. The van der Waals surface area contributed by atoms with E-state index in [-0.39, 0.29) is 17.8 Å². The minimum Gasteiger partial charge on any atom is -0.464 e. The van der Waals surface area contributed by atoms with Crippen molar-refractivity contribution in [1.82, 2.24) is 5.32 Å². The summed E-state index contributed by atoms with van der Waals surface area (Å²) >= 11 is 0. The molecule has 0 aliphatic carbocycles. The Morgan fingerprint density at radius 1 is 1.06 bits per heavy atom. The van der Waals surface area contributed by atoms with Crippen molar-refractivity contribution in [2.75, 3.05) is 6.61 Å². The van der Waals surface area contributed by atoms with Crippen LogP contribution in [-0.4, -0.2) is 24.5 Å². The first-order chi connectivity index (χ1) is 8.56. The molecule has 1 N–H and O–H groups in total. The van der Waals surface area contributed by atoms with Crippen molar-refractivity contribution >= 4 is 11.9 Å². The van der Waals surface area contributed by atoms with Gasteiger partial charge in [0, 0.05) is 5.92 Å². The van der Waals surface area contributed by atoms with Gasteiger partial charge in [0.15, 0.2) is 0 Å². The monoisotopic (exact) mass is 257 g/mol. The summed E-state index contributed by atoms with van der Waals surface area (Å²) in [6.45, 7) is 8.28. The molecule has 0 aromatic rings. The predicted octanol–water partition coefficient (Wildman–Crippen LogP) is 2.66. The van der Waals surface area contributed by atoms with Gasteiger partial charge in [0.2, 0.25) is 5.91 Å². The second-order valence-electron chi connectivity index (χ2n) is 4.71. The normalized spacial score (nSPS) is 13.8. The quantitative estimate of drug-likeness (QED) is 0.646. The van der Waals surface area contributed by atoms with Crippen LogP contribution in [0.4, 0.5) is 0 Å². The molecule has 0 bridgehead atoms. The van der Waals surface area contributed by atoms with Gasteiger partial charge >= 0.3 is 5.97 Å². The Morgan fingerprint density at radius 2 is 1.67 bits per heavy atom. The number of carbonyl (C=O) groups is 2. The molecule has 0 heterocycles. The van der Waals surface area contributed by atoms with Crippen molar-refractivity contribution in [2.24, 2.45) is 5.92 Å². The summed E-state index contributed by atoms with van der Waals surface area (Å²) in [6, 6.07) is -0.492. The lowest BCUT2D eigenvalue weighted by atomic mass is 10.0. The summed E-state index contributed by atoms with van der Waals surface area (Å²) < 4.78 is 5.09. The van der Waals surface area contributed by atoms with E-state index in [9.17, 15) is 9.59 Å². The number of esters is 1. The van der Waals surface area contributed by atoms with E-state index < -0.39 is 6.04 Å². The Hall–Kier alpha value is -1.06. The molecule has 0 radical (unpaired) electrons. The third-order valence-corrected chi connectivity index (χ3v) is 2.80. The van der Waals surface area contributed by atoms with Gasteiger partial charge in [-0.05, 0) is 19.3 Å². The topological polar surface area (TPSA) is 55.4 Å². The molecule has 0 unspecified atom stereocenters. The molecule has 2 atom stereocenters. The van der Waals surface area contributed by atoms with Gasteiger partial charge < -0.3 is 10.1 Å². The van der Waals surface area contributed by atoms with Crippen molar-refractivity contribution in [1.29, 1.82) is 0 Å². The van der Waals surface area contributed by atoms with E-state index >= 15 is 0 Å². The fraction of sp³-hybridized carbons (Fsp3) is 0.857. The van der Waals surface area contributed by atoms with E-state index in [2.05, 4.69) is 5.32 Å². The molecule has 1 amide bonds. The SMILES string of the molecule is CCCOC(=O)[C@H](CCC)NC(=O)[C@@H](C)CCC. The molecular weight excluding hydrogens is 230 g/mol. The van der Waals surface area contributed by atoms with Crippen molar-refractivity contribution in [3.63, 3.8) is 0 Å². The smallest absolute Gasteiger partial charge is 0.328 e. The molecule has 4 nitrogen and oxygen atoms in total. The lowest BCUT2D eigenvalue weighted by Crippen LogP contribution is -2.44. The average molecular weight is 257 g/mol. The number of amides is 1. The molecule has 0 aliphatic rings. The van der Waals surface area contributed by atoms with Gasteiger partial charge in [0.1, 0.15) is 6.04 Å². The number of carbonyl (C=O) groups excluding carboxylic acids is 2. The van der Waals surface area contributed by atoms with Gasteiger partial charge in [0.25, 0.3) is 0 Å². The minimum atomic E-state index is -0.492. The highest BCUT2D eigenvalue weighted by Gasteiger charge is 2.23. The summed E-state index contributed by atoms with van der Waals surface area (Å²) in [6.07, 6.45) is 4.08. The van der Waals surface area contributed by atoms with E-state index in [4.69, 9.17) is 4.74 Å². The van der Waals surface area contributed by atoms with Crippen LogP contribution in [0.3, 0.4) is 0 Å². The Bertz CT molecular complexity index is 251. The van der Waals surface area contributed by atoms with E-state index in [1.807, 2.05) is 27.7 Å². The molecule has 0 aliphatic heterocycles. The Kier molecular flexibility index (Phi) is 9.33. The van der Waals surface area contributed by atoms with E-state index in [1.165, 1.54) is 0 Å². The van der Waals surface area contributed by atoms with Gasteiger partial charge in [-0.25, -0.2) is 4.79 Å². The van der Waals surface area contributed by atoms with Gasteiger partial charge in [0.05, 0.1) is 6.61 Å². The fourth-order valence-electron chi connectivity index (χ4n) is 1.72. The number of nitrogens with one attached hydrogen (secondary N) is 1. The van der Waals surface area contributed by atoms with Crippen molar-refractivity contribution < 1.29 is 14.3 Å². The predicted molar refractivity (Wildman–Crippen MR) is 72.2 cm³/mol. The molecule has 0 saturated carbocycles. The van der Waals surface area contributed by atoms with Crippen LogP contribution >= 0.6 is 0 Å². The van der Waals surface area contributed by atoms with Crippen LogP contribution in [-0.2, 0) is 14.3 Å². The number of hydrogen-bond donors (Lipinski definition) is 1. The number of rotatable bonds is 9. The van der Waals surface area contributed by atoms with Crippen LogP contribution in [0.25, 0.3) is 0 Å². The maximum atomic E-state index is 11.9. The molecule has 0 rings (SSSR count). The molecule has 0 spiro atoms. The highest BCUT2D eigenvalue weighted by Crippen LogP contribution is 2.07. The summed E-state index contributed by atoms with van der Waals surface area (Å²) in [5.41, 5.74) is 0. The first kappa shape index (κ1) is 16.9. The molecule has 0 aromatic carbocycles. The standard InChI is InChI=1S/C14H27NO3/c1-5-8-11(4)13(16)15-12(9-6-2)14(17)18-10-7-3/h11-12H,5-10H2,1-4H3,(H,15,16)/t11-,12-/m0/s1. The lowest BCUT2D eigenvalue weighted by molar-refractivity contribution is -0.148. The lowest BCUT2D eigenvalue weighted by Gasteiger charge is -2.19. The summed E-state index contributed by atoms with van der Waals surface area (Å²) in [5, 5.41) is 2.80. The molecular formula is C14H27NO3. The average Bonchev–Trinajstić information content (AvgIpc) is 2.35. The van der Waals surface area contributed by atoms with Crippen molar-refractivity contribution in [2.45, 2.75) is 65.8 Å². The number of ether oxygens (including phenoxy) is 1. The second kappa shape index (κ2) is 9.92. The van der Waals surface area contributed by atoms with Crippen LogP contribution in [0, 0.1) is 5.92 Å². The Labute approximate surface area is 110 Å². The minimum absolute atomic E-state index is 0.0478. The summed E-state index contributed by atoms with van der Waals surface area (Å²) in [7, 11) is 0. The fourth-order valence-corrected chi connectivity index (χ4v) is 1.72. The van der Waals surface area contributed by atoms with Crippen LogP contribution in [0.15, 0.2) is 0 Å². The largest absolute Gasteiger partial charge is 0.464 e. The summed E-state index contributed by atoms with van der Waals surface area (Å²) in [4.78, 5) is 23.6. The van der Waals surface area contributed by atoms with Crippen molar-refractivity contribution in [3.8, 4) is 0 Å². The Balaban J connectivity index is 4.33. The van der Waals surface area contributed by atoms with Crippen molar-refractivity contribution in [3.05, 3.63) is 0 Å². The molecule has 0 saturated heterocycles. The van der Waals surface area contributed by atoms with Gasteiger partial charge in [-0.3, -0.25) is 4.79 Å². The maximum Gasteiger partial charge on any atom is 0.328 e. The van der Waals surface area contributed by atoms with Gasteiger partial charge in [-0.2, -0.15) is 0 Å². The second-order valence-corrected chi connectivity index (χ2v) is 4.71. The molecule has 106 valence electrons.